The number of esters is 1. The lowest BCUT2D eigenvalue weighted by molar-refractivity contribution is -0.137. The van der Waals surface area contributed by atoms with Gasteiger partial charge in [-0.15, -0.1) is 11.3 Å². The van der Waals surface area contributed by atoms with Gasteiger partial charge in [0.05, 0.1) is 17.2 Å². The molecule has 2 heterocycles. The van der Waals surface area contributed by atoms with Crippen molar-refractivity contribution in [3.8, 4) is 0 Å². The molecule has 134 valence electrons. The van der Waals surface area contributed by atoms with Crippen molar-refractivity contribution in [2.75, 3.05) is 11.9 Å². The average Bonchev–Trinajstić information content (AvgIpc) is 3.17. The molecular formula is C19H19N3O3S. The van der Waals surface area contributed by atoms with E-state index in [1.807, 2.05) is 32.2 Å². The number of aromatic nitrogens is 2. The predicted molar refractivity (Wildman–Crippen MR) is 103 cm³/mol. The molecule has 1 aromatic carbocycles. The second-order valence-electron chi connectivity index (χ2n) is 5.70. The van der Waals surface area contributed by atoms with Crippen LogP contribution in [0.4, 0.5) is 5.69 Å². The third-order valence-electron chi connectivity index (χ3n) is 3.79. The van der Waals surface area contributed by atoms with Gasteiger partial charge in [-0.3, -0.25) is 9.48 Å². The monoisotopic (exact) mass is 369 g/mol. The Morgan fingerprint density at radius 2 is 2.04 bits per heavy atom. The first-order chi connectivity index (χ1) is 12.5. The Bertz CT molecular complexity index is 949. The quantitative estimate of drug-likeness (QED) is 0.549. The number of benzene rings is 1. The second kappa shape index (κ2) is 7.53. The number of hydrogen-bond acceptors (Lipinski definition) is 5. The summed E-state index contributed by atoms with van der Waals surface area (Å²) >= 11 is 1.42. The van der Waals surface area contributed by atoms with Crippen LogP contribution in [-0.4, -0.2) is 28.3 Å². The smallest absolute Gasteiger partial charge is 0.330 e. The van der Waals surface area contributed by atoms with Crippen LogP contribution in [0.1, 0.15) is 27.9 Å². The van der Waals surface area contributed by atoms with Crippen LogP contribution >= 0.6 is 11.3 Å². The molecule has 0 aliphatic rings. The molecule has 0 saturated heterocycles. The Balaban J connectivity index is 1.69. The molecule has 0 aliphatic heterocycles. The summed E-state index contributed by atoms with van der Waals surface area (Å²) in [5.74, 6) is -0.528. The number of ether oxygens (including phenoxy) is 1. The summed E-state index contributed by atoms with van der Waals surface area (Å²) in [5, 5.41) is 8.23. The van der Waals surface area contributed by atoms with Crippen molar-refractivity contribution in [2.45, 2.75) is 13.8 Å². The number of fused-ring (bicyclic) bond motifs is 1. The molecule has 0 unspecified atom stereocenters. The highest BCUT2D eigenvalue weighted by Crippen LogP contribution is 2.28. The number of hydrogen-bond donors (Lipinski definition) is 1. The van der Waals surface area contributed by atoms with Crippen molar-refractivity contribution in [2.24, 2.45) is 7.05 Å². The molecule has 2 aromatic heterocycles. The lowest BCUT2D eigenvalue weighted by Gasteiger charge is -2.04. The van der Waals surface area contributed by atoms with Crippen LogP contribution in [0, 0.1) is 6.92 Å². The van der Waals surface area contributed by atoms with Crippen molar-refractivity contribution in [1.29, 1.82) is 0 Å². The minimum absolute atomic E-state index is 0.152. The van der Waals surface area contributed by atoms with Gasteiger partial charge in [-0.25, -0.2) is 4.79 Å². The molecular weight excluding hydrogens is 350 g/mol. The number of anilines is 1. The van der Waals surface area contributed by atoms with Crippen molar-refractivity contribution < 1.29 is 14.3 Å². The average molecular weight is 369 g/mol. The van der Waals surface area contributed by atoms with Gasteiger partial charge in [-0.05, 0) is 43.7 Å². The molecule has 0 aliphatic carbocycles. The maximum atomic E-state index is 12.5. The Morgan fingerprint density at radius 3 is 2.69 bits per heavy atom. The summed E-state index contributed by atoms with van der Waals surface area (Å²) in [5.41, 5.74) is 2.45. The lowest BCUT2D eigenvalue weighted by Crippen LogP contribution is -2.10. The Morgan fingerprint density at radius 1 is 1.31 bits per heavy atom. The van der Waals surface area contributed by atoms with Crippen LogP contribution in [0.15, 0.2) is 36.4 Å². The van der Waals surface area contributed by atoms with Gasteiger partial charge in [0, 0.05) is 24.2 Å². The van der Waals surface area contributed by atoms with E-state index in [1.165, 1.54) is 17.4 Å². The van der Waals surface area contributed by atoms with E-state index < -0.39 is 0 Å². The van der Waals surface area contributed by atoms with Gasteiger partial charge in [-0.2, -0.15) is 5.10 Å². The maximum Gasteiger partial charge on any atom is 0.330 e. The summed E-state index contributed by atoms with van der Waals surface area (Å²) < 4.78 is 6.62. The molecule has 3 aromatic rings. The molecule has 0 atom stereocenters. The van der Waals surface area contributed by atoms with E-state index in [1.54, 1.807) is 29.8 Å². The summed E-state index contributed by atoms with van der Waals surface area (Å²) in [6.45, 7) is 4.04. The molecule has 26 heavy (non-hydrogen) atoms. The van der Waals surface area contributed by atoms with Crippen molar-refractivity contribution in [3.63, 3.8) is 0 Å². The zero-order valence-corrected chi connectivity index (χ0v) is 15.6. The molecule has 7 heteroatoms. The van der Waals surface area contributed by atoms with E-state index in [2.05, 4.69) is 10.4 Å². The fourth-order valence-electron chi connectivity index (χ4n) is 2.54. The fraction of sp³-hybridized carbons (Fsp3) is 0.211. The number of nitrogens with zero attached hydrogens (tertiary/aromatic N) is 2. The topological polar surface area (TPSA) is 73.2 Å². The van der Waals surface area contributed by atoms with Crippen LogP contribution in [0.2, 0.25) is 0 Å². The molecule has 1 amide bonds. The van der Waals surface area contributed by atoms with Crippen LogP contribution in [0.5, 0.6) is 0 Å². The van der Waals surface area contributed by atoms with Gasteiger partial charge in [0.2, 0.25) is 0 Å². The van der Waals surface area contributed by atoms with E-state index >= 15 is 0 Å². The van der Waals surface area contributed by atoms with Gasteiger partial charge >= 0.3 is 5.97 Å². The first-order valence-corrected chi connectivity index (χ1v) is 8.99. The highest BCUT2D eigenvalue weighted by molar-refractivity contribution is 7.20. The highest BCUT2D eigenvalue weighted by Gasteiger charge is 2.15. The third kappa shape index (κ3) is 3.83. The molecule has 0 fully saturated rings. The summed E-state index contributed by atoms with van der Waals surface area (Å²) in [4.78, 5) is 25.4. The van der Waals surface area contributed by atoms with Gasteiger partial charge < -0.3 is 10.1 Å². The molecule has 0 radical (unpaired) electrons. The van der Waals surface area contributed by atoms with Crippen LogP contribution < -0.4 is 5.32 Å². The second-order valence-corrected chi connectivity index (χ2v) is 6.73. The molecule has 1 N–H and O–H groups in total. The number of nitrogens with one attached hydrogen (secondary N) is 1. The Hall–Kier alpha value is -2.93. The molecule has 0 spiro atoms. The van der Waals surface area contributed by atoms with Crippen LogP contribution in [0.25, 0.3) is 16.3 Å². The highest BCUT2D eigenvalue weighted by atomic mass is 32.1. The first-order valence-electron chi connectivity index (χ1n) is 8.17. The van der Waals surface area contributed by atoms with Gasteiger partial charge in [0.1, 0.15) is 4.83 Å². The molecule has 0 saturated carbocycles. The normalized spacial score (nSPS) is 11.2. The number of carbonyl (C=O) groups excluding carboxylic acids is 2. The fourth-order valence-corrected chi connectivity index (χ4v) is 3.56. The number of aryl methyl sites for hydroxylation is 2. The zero-order chi connectivity index (χ0) is 18.7. The lowest BCUT2D eigenvalue weighted by atomic mass is 10.2. The van der Waals surface area contributed by atoms with Crippen LogP contribution in [0.3, 0.4) is 0 Å². The Kier molecular flexibility index (Phi) is 5.18. The zero-order valence-electron chi connectivity index (χ0n) is 14.8. The van der Waals surface area contributed by atoms with Crippen molar-refractivity contribution >= 4 is 45.2 Å². The van der Waals surface area contributed by atoms with Crippen molar-refractivity contribution in [1.82, 2.24) is 9.78 Å². The number of carbonyl (C=O) groups is 2. The van der Waals surface area contributed by atoms with Gasteiger partial charge in [-0.1, -0.05) is 12.1 Å². The summed E-state index contributed by atoms with van der Waals surface area (Å²) in [6, 6.07) is 9.11. The molecule has 3 rings (SSSR count). The van der Waals surface area contributed by atoms with E-state index in [0.717, 1.165) is 21.5 Å². The SMILES string of the molecule is CCOC(=O)/C=C/c1ccc(NC(=O)c2cc3c(C)nn(C)c3s2)cc1. The van der Waals surface area contributed by atoms with Gasteiger partial charge in [0.25, 0.3) is 5.91 Å². The number of thiophene rings is 1. The molecule has 0 bridgehead atoms. The number of rotatable bonds is 5. The first kappa shape index (κ1) is 17.9. The van der Waals surface area contributed by atoms with Gasteiger partial charge in [0.15, 0.2) is 0 Å². The van der Waals surface area contributed by atoms with E-state index in [-0.39, 0.29) is 11.9 Å². The number of amides is 1. The predicted octanol–water partition coefficient (Wildman–Crippen LogP) is 3.77. The van der Waals surface area contributed by atoms with E-state index in [0.29, 0.717) is 17.2 Å². The summed E-state index contributed by atoms with van der Waals surface area (Å²) in [7, 11) is 1.87. The third-order valence-corrected chi connectivity index (χ3v) is 4.99. The van der Waals surface area contributed by atoms with Crippen LogP contribution in [-0.2, 0) is 16.6 Å². The largest absolute Gasteiger partial charge is 0.463 e. The standard InChI is InChI=1S/C19H19N3O3S/c1-4-25-17(23)10-7-13-5-8-14(9-6-13)20-18(24)16-11-15-12(2)21-22(3)19(15)26-16/h5-11H,4H2,1-3H3,(H,20,24)/b10-7+. The Labute approximate surface area is 155 Å². The van der Waals surface area contributed by atoms with E-state index in [4.69, 9.17) is 4.74 Å². The van der Waals surface area contributed by atoms with Crippen molar-refractivity contribution in [3.05, 3.63) is 52.5 Å². The maximum absolute atomic E-state index is 12.5. The van der Waals surface area contributed by atoms with E-state index in [9.17, 15) is 9.59 Å². The minimum Gasteiger partial charge on any atom is -0.463 e. The summed E-state index contributed by atoms with van der Waals surface area (Å²) in [6.07, 6.45) is 3.05. The molecule has 6 nitrogen and oxygen atoms in total. The minimum atomic E-state index is -0.376.